The molecule has 3 amide bonds. The van der Waals surface area contributed by atoms with E-state index in [4.69, 9.17) is 11.6 Å². The lowest BCUT2D eigenvalue weighted by Gasteiger charge is -2.19. The SMILES string of the molecule is O=C1CN(C(=O)NCc2c(F)cccc2Cl)CCCN1. The van der Waals surface area contributed by atoms with E-state index < -0.39 is 11.8 Å². The van der Waals surface area contributed by atoms with E-state index in [1.807, 2.05) is 0 Å². The van der Waals surface area contributed by atoms with E-state index >= 15 is 0 Å². The zero-order valence-electron chi connectivity index (χ0n) is 10.8. The minimum atomic E-state index is -0.466. The minimum absolute atomic E-state index is 0.0108. The number of carbonyl (C=O) groups excluding carboxylic acids is 2. The standard InChI is InChI=1S/C13H15ClFN3O2/c14-10-3-1-4-11(15)9(10)7-17-13(20)18-6-2-5-16-12(19)8-18/h1,3-4H,2,5-8H2,(H,16,19)(H,17,20). The van der Waals surface area contributed by atoms with Gasteiger partial charge < -0.3 is 15.5 Å². The molecular weight excluding hydrogens is 285 g/mol. The summed E-state index contributed by atoms with van der Waals surface area (Å²) in [6.07, 6.45) is 0.694. The zero-order valence-corrected chi connectivity index (χ0v) is 11.5. The Morgan fingerprint density at radius 1 is 1.50 bits per heavy atom. The Balaban J connectivity index is 1.96. The normalized spacial score (nSPS) is 15.5. The minimum Gasteiger partial charge on any atom is -0.354 e. The fourth-order valence-corrected chi connectivity index (χ4v) is 2.19. The van der Waals surface area contributed by atoms with Gasteiger partial charge in [0.15, 0.2) is 0 Å². The van der Waals surface area contributed by atoms with Gasteiger partial charge in [-0.25, -0.2) is 9.18 Å². The fraction of sp³-hybridized carbons (Fsp3) is 0.385. The predicted molar refractivity (Wildman–Crippen MR) is 72.8 cm³/mol. The van der Waals surface area contributed by atoms with E-state index in [9.17, 15) is 14.0 Å². The molecule has 0 saturated carbocycles. The molecule has 0 unspecified atom stereocenters. The molecule has 1 aromatic carbocycles. The second-order valence-electron chi connectivity index (χ2n) is 4.48. The smallest absolute Gasteiger partial charge is 0.318 e. The third-order valence-electron chi connectivity index (χ3n) is 3.03. The monoisotopic (exact) mass is 299 g/mol. The van der Waals surface area contributed by atoms with Crippen LogP contribution < -0.4 is 10.6 Å². The molecule has 0 spiro atoms. The molecule has 0 bridgehead atoms. The molecule has 7 heteroatoms. The summed E-state index contributed by atoms with van der Waals surface area (Å²) in [5.74, 6) is -0.659. The van der Waals surface area contributed by atoms with Gasteiger partial charge in [-0.15, -0.1) is 0 Å². The van der Waals surface area contributed by atoms with Crippen LogP contribution in [0.25, 0.3) is 0 Å². The quantitative estimate of drug-likeness (QED) is 0.869. The van der Waals surface area contributed by atoms with E-state index in [2.05, 4.69) is 10.6 Å². The molecule has 1 fully saturated rings. The van der Waals surface area contributed by atoms with Crippen LogP contribution in [-0.4, -0.2) is 36.5 Å². The predicted octanol–water partition coefficient (Wildman–Crippen LogP) is 1.51. The van der Waals surface area contributed by atoms with Crippen molar-refractivity contribution in [3.8, 4) is 0 Å². The number of rotatable bonds is 2. The van der Waals surface area contributed by atoms with Crippen LogP contribution in [0.5, 0.6) is 0 Å². The van der Waals surface area contributed by atoms with Gasteiger partial charge in [-0.1, -0.05) is 17.7 Å². The highest BCUT2D eigenvalue weighted by Crippen LogP contribution is 2.18. The molecule has 1 aliphatic heterocycles. The highest BCUT2D eigenvalue weighted by Gasteiger charge is 2.19. The van der Waals surface area contributed by atoms with Crippen molar-refractivity contribution < 1.29 is 14.0 Å². The number of benzene rings is 1. The first kappa shape index (κ1) is 14.6. The van der Waals surface area contributed by atoms with Crippen molar-refractivity contribution in [2.24, 2.45) is 0 Å². The van der Waals surface area contributed by atoms with Crippen molar-refractivity contribution in [1.82, 2.24) is 15.5 Å². The number of urea groups is 1. The summed E-state index contributed by atoms with van der Waals surface area (Å²) in [5, 5.41) is 5.52. The fourth-order valence-electron chi connectivity index (χ4n) is 1.96. The van der Waals surface area contributed by atoms with Crippen LogP contribution in [0.15, 0.2) is 18.2 Å². The number of nitrogens with zero attached hydrogens (tertiary/aromatic N) is 1. The molecular formula is C13H15ClFN3O2. The Labute approximate surface area is 121 Å². The van der Waals surface area contributed by atoms with Crippen LogP contribution in [-0.2, 0) is 11.3 Å². The van der Waals surface area contributed by atoms with Crippen LogP contribution in [0.1, 0.15) is 12.0 Å². The van der Waals surface area contributed by atoms with Crippen LogP contribution >= 0.6 is 11.6 Å². The molecule has 108 valence electrons. The molecule has 1 aromatic rings. The maximum Gasteiger partial charge on any atom is 0.318 e. The Bertz CT molecular complexity index is 504. The summed E-state index contributed by atoms with van der Waals surface area (Å²) in [4.78, 5) is 24.7. The van der Waals surface area contributed by atoms with Crippen molar-refractivity contribution in [2.45, 2.75) is 13.0 Å². The molecule has 2 rings (SSSR count). The third kappa shape index (κ3) is 3.60. The van der Waals surface area contributed by atoms with Crippen LogP contribution in [0.4, 0.5) is 9.18 Å². The Morgan fingerprint density at radius 3 is 3.05 bits per heavy atom. The second-order valence-corrected chi connectivity index (χ2v) is 4.89. The lowest BCUT2D eigenvalue weighted by molar-refractivity contribution is -0.121. The third-order valence-corrected chi connectivity index (χ3v) is 3.38. The number of nitrogens with one attached hydrogen (secondary N) is 2. The number of hydrogen-bond acceptors (Lipinski definition) is 2. The summed E-state index contributed by atoms with van der Waals surface area (Å²) in [6, 6.07) is 3.95. The van der Waals surface area contributed by atoms with Crippen molar-refractivity contribution in [2.75, 3.05) is 19.6 Å². The van der Waals surface area contributed by atoms with Crippen molar-refractivity contribution in [3.63, 3.8) is 0 Å². The maximum absolute atomic E-state index is 13.6. The van der Waals surface area contributed by atoms with E-state index in [-0.39, 0.29) is 29.6 Å². The summed E-state index contributed by atoms with van der Waals surface area (Å²) in [7, 11) is 0. The molecule has 20 heavy (non-hydrogen) atoms. The first-order valence-electron chi connectivity index (χ1n) is 6.30. The average molecular weight is 300 g/mol. The maximum atomic E-state index is 13.6. The average Bonchev–Trinajstić information content (AvgIpc) is 2.62. The molecule has 5 nitrogen and oxygen atoms in total. The largest absolute Gasteiger partial charge is 0.354 e. The highest BCUT2D eigenvalue weighted by atomic mass is 35.5. The molecule has 0 radical (unpaired) electrons. The van der Waals surface area contributed by atoms with Crippen LogP contribution in [0, 0.1) is 5.82 Å². The van der Waals surface area contributed by atoms with Gasteiger partial charge in [0.05, 0.1) is 0 Å². The van der Waals surface area contributed by atoms with Gasteiger partial charge >= 0.3 is 6.03 Å². The molecule has 0 aliphatic carbocycles. The first-order chi connectivity index (χ1) is 9.58. The molecule has 1 saturated heterocycles. The Hall–Kier alpha value is -1.82. The van der Waals surface area contributed by atoms with E-state index in [1.54, 1.807) is 6.07 Å². The van der Waals surface area contributed by atoms with Crippen LogP contribution in [0.3, 0.4) is 0 Å². The Kier molecular flexibility index (Phi) is 4.79. The van der Waals surface area contributed by atoms with Gasteiger partial charge in [0.25, 0.3) is 0 Å². The lowest BCUT2D eigenvalue weighted by Crippen LogP contribution is -2.43. The van der Waals surface area contributed by atoms with Gasteiger partial charge in [-0.2, -0.15) is 0 Å². The van der Waals surface area contributed by atoms with Crippen molar-refractivity contribution in [1.29, 1.82) is 0 Å². The van der Waals surface area contributed by atoms with E-state index in [0.717, 1.165) is 0 Å². The Morgan fingerprint density at radius 2 is 2.30 bits per heavy atom. The molecule has 2 N–H and O–H groups in total. The van der Waals surface area contributed by atoms with E-state index in [0.29, 0.717) is 19.5 Å². The molecule has 0 atom stereocenters. The van der Waals surface area contributed by atoms with Crippen molar-refractivity contribution >= 4 is 23.5 Å². The highest BCUT2D eigenvalue weighted by molar-refractivity contribution is 6.31. The van der Waals surface area contributed by atoms with E-state index in [1.165, 1.54) is 17.0 Å². The lowest BCUT2D eigenvalue weighted by atomic mass is 10.2. The summed E-state index contributed by atoms with van der Waals surface area (Å²) >= 11 is 5.88. The van der Waals surface area contributed by atoms with Gasteiger partial charge in [0, 0.05) is 30.2 Å². The molecule has 1 heterocycles. The van der Waals surface area contributed by atoms with Gasteiger partial charge in [0.2, 0.25) is 5.91 Å². The summed E-state index contributed by atoms with van der Waals surface area (Å²) in [6.45, 7) is 1.04. The topological polar surface area (TPSA) is 61.4 Å². The number of hydrogen-bond donors (Lipinski definition) is 2. The first-order valence-corrected chi connectivity index (χ1v) is 6.68. The van der Waals surface area contributed by atoms with Gasteiger partial charge in [-0.05, 0) is 18.6 Å². The number of halogens is 2. The zero-order chi connectivity index (χ0) is 14.5. The molecule has 1 aliphatic rings. The van der Waals surface area contributed by atoms with Gasteiger partial charge in [0.1, 0.15) is 12.4 Å². The summed E-state index contributed by atoms with van der Waals surface area (Å²) < 4.78 is 13.6. The number of amides is 3. The molecule has 0 aromatic heterocycles. The van der Waals surface area contributed by atoms with Crippen molar-refractivity contribution in [3.05, 3.63) is 34.6 Å². The van der Waals surface area contributed by atoms with Crippen LogP contribution in [0.2, 0.25) is 5.02 Å². The number of carbonyl (C=O) groups is 2. The van der Waals surface area contributed by atoms with Gasteiger partial charge in [-0.3, -0.25) is 4.79 Å². The summed E-state index contributed by atoms with van der Waals surface area (Å²) in [5.41, 5.74) is 0.238. The second kappa shape index (κ2) is 6.56.